The van der Waals surface area contributed by atoms with Crippen LogP contribution >= 0.6 is 0 Å². The van der Waals surface area contributed by atoms with Gasteiger partial charge >= 0.3 is 0 Å². The van der Waals surface area contributed by atoms with Crippen molar-refractivity contribution in [3.05, 3.63) is 47.4 Å². The van der Waals surface area contributed by atoms with E-state index in [2.05, 4.69) is 4.98 Å². The first-order valence-electron chi connectivity index (χ1n) is 11.5. The molecule has 1 unspecified atom stereocenters. The first kappa shape index (κ1) is 22.3. The summed E-state index contributed by atoms with van der Waals surface area (Å²) < 4.78 is 26.5. The second-order valence-electron chi connectivity index (χ2n) is 9.27. The number of pyridine rings is 1. The minimum atomic E-state index is -0.833. The number of hydrogen-bond donors (Lipinski definition) is 0. The molecular weight excluding hydrogens is 441 g/mol. The molecule has 0 spiro atoms. The second kappa shape index (κ2) is 8.70. The molecule has 3 aliphatic rings. The van der Waals surface area contributed by atoms with Crippen LogP contribution in [-0.4, -0.2) is 60.8 Å². The standard InChI is InChI=1S/C25H26FN3O5/c1-28(2)24(31)18-11-20(30)17-9-15(10-19(26)23(17)18)29-8-7-21(25(29)32)34-16-5-6-22(27-12-16)33-13-14-3-4-14/h5-6,9-10,12,14,18,21H,3-4,7-8,11,13H2,1-2H3/t18?,21-/m1/s1. The molecule has 9 heteroatoms. The highest BCUT2D eigenvalue weighted by Gasteiger charge is 2.40. The van der Waals surface area contributed by atoms with Crippen LogP contribution in [-0.2, 0) is 9.59 Å². The zero-order chi connectivity index (χ0) is 24.0. The van der Waals surface area contributed by atoms with E-state index in [1.807, 2.05) is 0 Å². The molecule has 0 bridgehead atoms. The lowest BCUT2D eigenvalue weighted by Gasteiger charge is -2.20. The molecule has 1 aliphatic heterocycles. The van der Waals surface area contributed by atoms with Crippen molar-refractivity contribution in [2.24, 2.45) is 5.92 Å². The van der Waals surface area contributed by atoms with Crippen molar-refractivity contribution in [1.82, 2.24) is 9.88 Å². The second-order valence-corrected chi connectivity index (χ2v) is 9.27. The number of likely N-dealkylation sites (N-methyl/N-ethyl adjacent to an activating group) is 1. The van der Waals surface area contributed by atoms with E-state index in [0.29, 0.717) is 42.8 Å². The van der Waals surface area contributed by atoms with E-state index < -0.39 is 17.8 Å². The molecule has 2 fully saturated rings. The first-order valence-corrected chi connectivity index (χ1v) is 11.5. The molecule has 2 amide bonds. The average molecular weight is 467 g/mol. The highest BCUT2D eigenvalue weighted by molar-refractivity contribution is 6.08. The van der Waals surface area contributed by atoms with E-state index in [-0.39, 0.29) is 35.1 Å². The third-order valence-corrected chi connectivity index (χ3v) is 6.51. The lowest BCUT2D eigenvalue weighted by Crippen LogP contribution is -2.32. The fourth-order valence-electron chi connectivity index (χ4n) is 4.46. The van der Waals surface area contributed by atoms with Gasteiger partial charge in [-0.05, 0) is 37.0 Å². The van der Waals surface area contributed by atoms with Gasteiger partial charge in [0.1, 0.15) is 11.6 Å². The molecular formula is C25H26FN3O5. The van der Waals surface area contributed by atoms with Crippen LogP contribution in [0.5, 0.6) is 11.6 Å². The summed E-state index contributed by atoms with van der Waals surface area (Å²) in [6.07, 6.45) is 3.51. The largest absolute Gasteiger partial charge is 0.479 e. The number of halogens is 1. The van der Waals surface area contributed by atoms with E-state index in [1.54, 1.807) is 26.2 Å². The van der Waals surface area contributed by atoms with E-state index >= 15 is 4.39 Å². The van der Waals surface area contributed by atoms with Gasteiger partial charge in [-0.2, -0.15) is 0 Å². The van der Waals surface area contributed by atoms with Gasteiger partial charge in [-0.25, -0.2) is 9.37 Å². The fraction of sp³-hybridized carbons (Fsp3) is 0.440. The van der Waals surface area contributed by atoms with Crippen molar-refractivity contribution in [1.29, 1.82) is 0 Å². The van der Waals surface area contributed by atoms with Crippen LogP contribution in [0, 0.1) is 11.7 Å². The lowest BCUT2D eigenvalue weighted by atomic mass is 9.98. The van der Waals surface area contributed by atoms with Gasteiger partial charge in [-0.3, -0.25) is 14.4 Å². The Morgan fingerprint density at radius 2 is 2.00 bits per heavy atom. The van der Waals surface area contributed by atoms with Crippen LogP contribution in [0.25, 0.3) is 0 Å². The molecule has 5 rings (SSSR count). The van der Waals surface area contributed by atoms with E-state index in [1.165, 1.54) is 41.0 Å². The van der Waals surface area contributed by atoms with Gasteiger partial charge in [0.2, 0.25) is 11.8 Å². The number of anilines is 1. The number of Topliss-reactive ketones (excluding diaryl/α,β-unsaturated/α-hetero) is 1. The third-order valence-electron chi connectivity index (χ3n) is 6.51. The maximum absolute atomic E-state index is 15.1. The molecule has 1 saturated carbocycles. The minimum absolute atomic E-state index is 0.0697. The molecule has 1 aromatic carbocycles. The summed E-state index contributed by atoms with van der Waals surface area (Å²) in [5.74, 6) is -0.838. The lowest BCUT2D eigenvalue weighted by molar-refractivity contribution is -0.130. The Labute approximate surface area is 196 Å². The van der Waals surface area contributed by atoms with Crippen molar-refractivity contribution >= 4 is 23.3 Å². The van der Waals surface area contributed by atoms with Gasteiger partial charge in [0.25, 0.3) is 5.91 Å². The van der Waals surface area contributed by atoms with E-state index in [0.717, 1.165) is 0 Å². The molecule has 1 aromatic heterocycles. The molecule has 178 valence electrons. The van der Waals surface area contributed by atoms with Gasteiger partial charge in [0, 0.05) is 56.4 Å². The molecule has 8 nitrogen and oxygen atoms in total. The predicted molar refractivity (Wildman–Crippen MR) is 121 cm³/mol. The monoisotopic (exact) mass is 467 g/mol. The quantitative estimate of drug-likeness (QED) is 0.622. The number of amides is 2. The molecule has 1 saturated heterocycles. The summed E-state index contributed by atoms with van der Waals surface area (Å²) in [5.41, 5.74) is 0.570. The SMILES string of the molecule is CN(C)C(=O)C1CC(=O)c2cc(N3CC[C@@H](Oc4ccc(OCC5CC5)nc4)C3=O)cc(F)c21. The average Bonchev–Trinajstić information content (AvgIpc) is 3.50. The highest BCUT2D eigenvalue weighted by Crippen LogP contribution is 2.39. The number of carbonyl (C=O) groups excluding carboxylic acids is 3. The molecule has 2 atom stereocenters. The summed E-state index contributed by atoms with van der Waals surface area (Å²) in [7, 11) is 3.15. The molecule has 2 heterocycles. The van der Waals surface area contributed by atoms with Crippen LogP contribution in [0.2, 0.25) is 0 Å². The summed E-state index contributed by atoms with van der Waals surface area (Å²) in [5, 5.41) is 0. The number of carbonyl (C=O) groups is 3. The van der Waals surface area contributed by atoms with Gasteiger partial charge < -0.3 is 19.3 Å². The van der Waals surface area contributed by atoms with Crippen LogP contribution in [0.3, 0.4) is 0 Å². The van der Waals surface area contributed by atoms with Crippen molar-refractivity contribution < 1.29 is 28.2 Å². The number of rotatable bonds is 7. The summed E-state index contributed by atoms with van der Waals surface area (Å²) in [6.45, 7) is 0.985. The van der Waals surface area contributed by atoms with Crippen molar-refractivity contribution in [3.63, 3.8) is 0 Å². The van der Waals surface area contributed by atoms with Crippen LogP contribution in [0.15, 0.2) is 30.5 Å². The molecule has 2 aromatic rings. The van der Waals surface area contributed by atoms with Crippen LogP contribution < -0.4 is 14.4 Å². The van der Waals surface area contributed by atoms with Crippen LogP contribution in [0.4, 0.5) is 10.1 Å². The number of hydrogen-bond acceptors (Lipinski definition) is 6. The topological polar surface area (TPSA) is 89.0 Å². The zero-order valence-corrected chi connectivity index (χ0v) is 19.1. The summed E-state index contributed by atoms with van der Waals surface area (Å²) in [6, 6.07) is 6.15. The smallest absolute Gasteiger partial charge is 0.268 e. The van der Waals surface area contributed by atoms with E-state index in [4.69, 9.17) is 9.47 Å². The van der Waals surface area contributed by atoms with E-state index in [9.17, 15) is 14.4 Å². The van der Waals surface area contributed by atoms with Crippen molar-refractivity contribution in [2.45, 2.75) is 37.7 Å². The van der Waals surface area contributed by atoms with Gasteiger partial charge in [-0.1, -0.05) is 0 Å². The van der Waals surface area contributed by atoms with Gasteiger partial charge in [-0.15, -0.1) is 0 Å². The Bertz CT molecular complexity index is 1150. The Morgan fingerprint density at radius 1 is 1.21 bits per heavy atom. The van der Waals surface area contributed by atoms with Crippen molar-refractivity contribution in [3.8, 4) is 11.6 Å². The van der Waals surface area contributed by atoms with Crippen LogP contribution in [0.1, 0.15) is 47.5 Å². The molecule has 34 heavy (non-hydrogen) atoms. The maximum atomic E-state index is 15.1. The molecule has 0 N–H and O–H groups in total. The Balaban J connectivity index is 1.29. The number of benzene rings is 1. The Morgan fingerprint density at radius 3 is 2.68 bits per heavy atom. The number of ketones is 1. The van der Waals surface area contributed by atoms with Gasteiger partial charge in [0.15, 0.2) is 11.9 Å². The van der Waals surface area contributed by atoms with Crippen molar-refractivity contribution in [2.75, 3.05) is 32.1 Å². The number of aromatic nitrogens is 1. The highest BCUT2D eigenvalue weighted by atomic mass is 19.1. The minimum Gasteiger partial charge on any atom is -0.479 e. The molecule has 2 aliphatic carbocycles. The summed E-state index contributed by atoms with van der Waals surface area (Å²) in [4.78, 5) is 45.0. The summed E-state index contributed by atoms with van der Waals surface area (Å²) >= 11 is 0. The fourth-order valence-corrected chi connectivity index (χ4v) is 4.46. The Kier molecular flexibility index (Phi) is 5.71. The number of fused-ring (bicyclic) bond motifs is 1. The first-order chi connectivity index (χ1) is 16.3. The molecule has 0 radical (unpaired) electrons. The number of ether oxygens (including phenoxy) is 2. The maximum Gasteiger partial charge on any atom is 0.268 e. The van der Waals surface area contributed by atoms with Gasteiger partial charge in [0.05, 0.1) is 18.7 Å². The zero-order valence-electron chi connectivity index (χ0n) is 19.1. The third kappa shape index (κ3) is 4.22. The normalized spacial score (nSPS) is 21.6. The predicted octanol–water partition coefficient (Wildman–Crippen LogP) is 2.95. The number of nitrogens with zero attached hydrogens (tertiary/aromatic N) is 3. The Hall–Kier alpha value is -3.49.